The standard InChI is InChI=1S/C8H12F6O/c1-5(2)4-15-6(3,7(9,10)11)8(12,13)14/h5H,4H2,1-3H3. The highest BCUT2D eigenvalue weighted by Gasteiger charge is 2.69. The largest absolute Gasteiger partial charge is 0.426 e. The number of hydrogen-bond acceptors (Lipinski definition) is 1. The first-order valence-corrected chi connectivity index (χ1v) is 4.19. The van der Waals surface area contributed by atoms with Gasteiger partial charge in [0.15, 0.2) is 0 Å². The Kier molecular flexibility index (Phi) is 4.06. The molecule has 0 radical (unpaired) electrons. The van der Waals surface area contributed by atoms with E-state index in [9.17, 15) is 26.3 Å². The zero-order valence-corrected chi connectivity index (χ0v) is 8.46. The molecule has 92 valence electrons. The number of ether oxygens (including phenoxy) is 1. The van der Waals surface area contributed by atoms with Crippen molar-refractivity contribution in [3.63, 3.8) is 0 Å². The van der Waals surface area contributed by atoms with Gasteiger partial charge in [0.25, 0.3) is 5.60 Å². The molecule has 0 aliphatic heterocycles. The molecule has 0 unspecified atom stereocenters. The van der Waals surface area contributed by atoms with Crippen LogP contribution in [0, 0.1) is 5.92 Å². The molecule has 0 N–H and O–H groups in total. The fraction of sp³-hybridized carbons (Fsp3) is 1.00. The molecule has 0 aromatic carbocycles. The Morgan fingerprint density at radius 3 is 1.47 bits per heavy atom. The van der Waals surface area contributed by atoms with Crippen molar-refractivity contribution in [1.82, 2.24) is 0 Å². The lowest BCUT2D eigenvalue weighted by Gasteiger charge is -2.34. The Balaban J connectivity index is 4.90. The normalized spacial score (nSPS) is 14.8. The summed E-state index contributed by atoms with van der Waals surface area (Å²) in [5.74, 6) is -0.408. The fourth-order valence-electron chi connectivity index (χ4n) is 0.658. The molecule has 0 amide bonds. The minimum Gasteiger partial charge on any atom is -0.358 e. The second-order valence-corrected chi connectivity index (χ2v) is 3.73. The van der Waals surface area contributed by atoms with Gasteiger partial charge in [0, 0.05) is 0 Å². The van der Waals surface area contributed by atoms with Crippen LogP contribution in [0.15, 0.2) is 0 Å². The van der Waals surface area contributed by atoms with Gasteiger partial charge in [0.1, 0.15) is 0 Å². The van der Waals surface area contributed by atoms with E-state index in [-0.39, 0.29) is 6.92 Å². The Morgan fingerprint density at radius 2 is 1.27 bits per heavy atom. The summed E-state index contributed by atoms with van der Waals surface area (Å²) in [6.07, 6.45) is -10.9. The lowest BCUT2D eigenvalue weighted by Crippen LogP contribution is -2.56. The van der Waals surface area contributed by atoms with Crippen molar-refractivity contribution in [2.75, 3.05) is 6.61 Å². The highest BCUT2D eigenvalue weighted by atomic mass is 19.4. The van der Waals surface area contributed by atoms with Crippen LogP contribution in [0.5, 0.6) is 0 Å². The van der Waals surface area contributed by atoms with Gasteiger partial charge in [-0.15, -0.1) is 0 Å². The number of halogens is 6. The zero-order valence-electron chi connectivity index (χ0n) is 8.46. The van der Waals surface area contributed by atoms with Gasteiger partial charge >= 0.3 is 12.4 Å². The van der Waals surface area contributed by atoms with Gasteiger partial charge in [-0.1, -0.05) is 13.8 Å². The third kappa shape index (κ3) is 3.25. The van der Waals surface area contributed by atoms with Gasteiger partial charge < -0.3 is 4.74 Å². The van der Waals surface area contributed by atoms with E-state index in [1.165, 1.54) is 13.8 Å². The van der Waals surface area contributed by atoms with Crippen LogP contribution in [0.1, 0.15) is 20.8 Å². The highest BCUT2D eigenvalue weighted by molar-refractivity contribution is 4.91. The van der Waals surface area contributed by atoms with E-state index < -0.39 is 30.5 Å². The first-order valence-electron chi connectivity index (χ1n) is 4.19. The monoisotopic (exact) mass is 238 g/mol. The molecule has 1 nitrogen and oxygen atoms in total. The Bertz CT molecular complexity index is 190. The third-order valence-corrected chi connectivity index (χ3v) is 1.79. The summed E-state index contributed by atoms with van der Waals surface area (Å²) in [6, 6.07) is 0. The minimum atomic E-state index is -5.47. The first-order chi connectivity index (χ1) is 6.42. The quantitative estimate of drug-likeness (QED) is 0.683. The Hall–Kier alpha value is -0.460. The first kappa shape index (κ1) is 14.5. The molecule has 0 aliphatic rings. The summed E-state index contributed by atoms with van der Waals surface area (Å²) >= 11 is 0. The summed E-state index contributed by atoms with van der Waals surface area (Å²) in [7, 11) is 0. The Labute approximate surface area is 83.4 Å². The topological polar surface area (TPSA) is 9.23 Å². The van der Waals surface area contributed by atoms with Crippen molar-refractivity contribution in [3.8, 4) is 0 Å². The maximum absolute atomic E-state index is 12.2. The highest BCUT2D eigenvalue weighted by Crippen LogP contribution is 2.45. The molecule has 7 heteroatoms. The maximum atomic E-state index is 12.2. The SMILES string of the molecule is CC(C)COC(C)(C(F)(F)F)C(F)(F)F. The molecule has 0 rings (SSSR count). The number of alkyl halides is 6. The third-order valence-electron chi connectivity index (χ3n) is 1.79. The van der Waals surface area contributed by atoms with Crippen LogP contribution in [0.4, 0.5) is 26.3 Å². The van der Waals surface area contributed by atoms with E-state index >= 15 is 0 Å². The van der Waals surface area contributed by atoms with Gasteiger partial charge in [-0.2, -0.15) is 26.3 Å². The molecule has 0 atom stereocenters. The van der Waals surface area contributed by atoms with E-state index in [1.807, 2.05) is 0 Å². The molecule has 0 saturated carbocycles. The van der Waals surface area contributed by atoms with Crippen LogP contribution in [0.3, 0.4) is 0 Å². The molecule has 0 spiro atoms. The van der Waals surface area contributed by atoms with E-state index in [0.29, 0.717) is 0 Å². The van der Waals surface area contributed by atoms with Crippen molar-refractivity contribution >= 4 is 0 Å². The molecule has 15 heavy (non-hydrogen) atoms. The van der Waals surface area contributed by atoms with Crippen molar-refractivity contribution in [3.05, 3.63) is 0 Å². The van der Waals surface area contributed by atoms with Gasteiger partial charge in [0.05, 0.1) is 6.61 Å². The second kappa shape index (κ2) is 4.19. The van der Waals surface area contributed by atoms with Crippen LogP contribution in [0.2, 0.25) is 0 Å². The van der Waals surface area contributed by atoms with E-state index in [4.69, 9.17) is 0 Å². The number of hydrogen-bond donors (Lipinski definition) is 0. The van der Waals surface area contributed by atoms with E-state index in [1.54, 1.807) is 0 Å². The van der Waals surface area contributed by atoms with Gasteiger partial charge in [-0.25, -0.2) is 0 Å². The van der Waals surface area contributed by atoms with Gasteiger partial charge in [-0.3, -0.25) is 0 Å². The van der Waals surface area contributed by atoms with Crippen LogP contribution >= 0.6 is 0 Å². The van der Waals surface area contributed by atoms with Crippen LogP contribution < -0.4 is 0 Å². The summed E-state index contributed by atoms with van der Waals surface area (Å²) in [5, 5.41) is 0. The second-order valence-electron chi connectivity index (χ2n) is 3.73. The average Bonchev–Trinajstić information content (AvgIpc) is 1.95. The summed E-state index contributed by atoms with van der Waals surface area (Å²) in [4.78, 5) is 0. The van der Waals surface area contributed by atoms with Crippen LogP contribution in [0.25, 0.3) is 0 Å². The minimum absolute atomic E-state index is 0.00458. The van der Waals surface area contributed by atoms with Gasteiger partial charge in [-0.05, 0) is 12.8 Å². The van der Waals surface area contributed by atoms with E-state index in [2.05, 4.69) is 4.74 Å². The Morgan fingerprint density at radius 1 is 0.933 bits per heavy atom. The fourth-order valence-corrected chi connectivity index (χ4v) is 0.658. The van der Waals surface area contributed by atoms with Gasteiger partial charge in [0.2, 0.25) is 0 Å². The summed E-state index contributed by atoms with van der Waals surface area (Å²) in [5.41, 5.74) is -4.09. The molecule has 0 saturated heterocycles. The van der Waals surface area contributed by atoms with Crippen LogP contribution in [-0.2, 0) is 4.74 Å². The zero-order chi connectivity index (χ0) is 12.5. The maximum Gasteiger partial charge on any atom is 0.426 e. The predicted octanol–water partition coefficient (Wildman–Crippen LogP) is 3.54. The summed E-state index contributed by atoms with van der Waals surface area (Å²) in [6.45, 7) is 2.32. The number of rotatable bonds is 3. The van der Waals surface area contributed by atoms with Crippen molar-refractivity contribution in [2.45, 2.75) is 38.7 Å². The lowest BCUT2D eigenvalue weighted by molar-refractivity contribution is -0.375. The van der Waals surface area contributed by atoms with Crippen molar-refractivity contribution < 1.29 is 31.1 Å². The van der Waals surface area contributed by atoms with Crippen LogP contribution in [-0.4, -0.2) is 24.6 Å². The molecular weight excluding hydrogens is 226 g/mol. The summed E-state index contributed by atoms with van der Waals surface area (Å²) < 4.78 is 77.2. The molecule has 0 fully saturated rings. The molecule has 0 aromatic rings. The lowest BCUT2D eigenvalue weighted by atomic mass is 10.1. The molecular formula is C8H12F6O. The molecule has 0 aliphatic carbocycles. The molecule has 0 bridgehead atoms. The predicted molar refractivity (Wildman–Crippen MR) is 41.3 cm³/mol. The van der Waals surface area contributed by atoms with Crippen molar-refractivity contribution in [2.24, 2.45) is 5.92 Å². The van der Waals surface area contributed by atoms with Crippen molar-refractivity contribution in [1.29, 1.82) is 0 Å². The molecule has 0 heterocycles. The molecule has 0 aromatic heterocycles. The smallest absolute Gasteiger partial charge is 0.358 e. The average molecular weight is 238 g/mol. The van der Waals surface area contributed by atoms with E-state index in [0.717, 1.165) is 0 Å².